The number of hydrogen-bond donors (Lipinski definition) is 1. The Morgan fingerprint density at radius 3 is 2.48 bits per heavy atom. The highest BCUT2D eigenvalue weighted by molar-refractivity contribution is 6.05. The summed E-state index contributed by atoms with van der Waals surface area (Å²) < 4.78 is 0. The van der Waals surface area contributed by atoms with Gasteiger partial charge < -0.3 is 10.2 Å². The molecule has 0 saturated carbocycles. The second-order valence-electron chi connectivity index (χ2n) is 6.46. The van der Waals surface area contributed by atoms with Crippen molar-refractivity contribution in [3.05, 3.63) is 102 Å². The summed E-state index contributed by atoms with van der Waals surface area (Å²) >= 11 is 0. The largest absolute Gasteiger partial charge is 0.340 e. The van der Waals surface area contributed by atoms with Crippen LogP contribution in [-0.2, 0) is 11.2 Å². The van der Waals surface area contributed by atoms with Gasteiger partial charge in [0.15, 0.2) is 0 Å². The van der Waals surface area contributed by atoms with Crippen molar-refractivity contribution in [2.24, 2.45) is 0 Å². The molecule has 0 aliphatic heterocycles. The van der Waals surface area contributed by atoms with E-state index >= 15 is 0 Å². The molecule has 0 aliphatic carbocycles. The van der Waals surface area contributed by atoms with Crippen molar-refractivity contribution in [2.45, 2.75) is 6.42 Å². The number of benzene rings is 1. The summed E-state index contributed by atoms with van der Waals surface area (Å²) in [6.45, 7) is 0.474. The molecule has 2 aromatic heterocycles. The Hall–Kier alpha value is -3.80. The monoisotopic (exact) mass is 386 g/mol. The first kappa shape index (κ1) is 19.9. The minimum absolute atomic E-state index is 0.190. The minimum Gasteiger partial charge on any atom is -0.340 e. The van der Waals surface area contributed by atoms with Crippen LogP contribution in [0.15, 0.2) is 85.0 Å². The molecule has 0 saturated heterocycles. The molecule has 2 heterocycles. The van der Waals surface area contributed by atoms with Gasteiger partial charge in [-0.2, -0.15) is 0 Å². The topological polar surface area (TPSA) is 75.2 Å². The molecule has 2 amide bonds. The van der Waals surface area contributed by atoms with Gasteiger partial charge in [-0.25, -0.2) is 0 Å². The lowest BCUT2D eigenvalue weighted by atomic mass is 10.2. The molecule has 0 aliphatic rings. The van der Waals surface area contributed by atoms with Gasteiger partial charge in [0.1, 0.15) is 5.70 Å². The third-order valence-corrected chi connectivity index (χ3v) is 4.29. The van der Waals surface area contributed by atoms with Crippen LogP contribution in [0.3, 0.4) is 0 Å². The van der Waals surface area contributed by atoms with Gasteiger partial charge in [-0.1, -0.05) is 30.3 Å². The van der Waals surface area contributed by atoms with Crippen LogP contribution in [0.5, 0.6) is 0 Å². The van der Waals surface area contributed by atoms with Crippen LogP contribution in [0.4, 0.5) is 0 Å². The molecule has 146 valence electrons. The molecule has 0 atom stereocenters. The number of carbonyl (C=O) groups is 2. The highest BCUT2D eigenvalue weighted by Crippen LogP contribution is 2.09. The Bertz CT molecular complexity index is 974. The van der Waals surface area contributed by atoms with E-state index in [0.29, 0.717) is 18.5 Å². The second-order valence-corrected chi connectivity index (χ2v) is 6.46. The van der Waals surface area contributed by atoms with Gasteiger partial charge in [0.25, 0.3) is 11.8 Å². The van der Waals surface area contributed by atoms with E-state index in [4.69, 9.17) is 0 Å². The van der Waals surface area contributed by atoms with Crippen LogP contribution in [0.1, 0.15) is 21.6 Å². The molecule has 1 aromatic carbocycles. The quantitative estimate of drug-likeness (QED) is 0.634. The van der Waals surface area contributed by atoms with E-state index in [-0.39, 0.29) is 17.5 Å². The second kappa shape index (κ2) is 9.94. The first-order valence-corrected chi connectivity index (χ1v) is 9.27. The van der Waals surface area contributed by atoms with Crippen molar-refractivity contribution in [3.8, 4) is 0 Å². The molecule has 0 spiro atoms. The SMILES string of the molecule is CN(CCc1ccccn1)C(=O)/C(=C/c1cccnc1)NC(=O)c1ccccc1. The Labute approximate surface area is 169 Å². The smallest absolute Gasteiger partial charge is 0.270 e. The standard InChI is InChI=1S/C23H22N4O2/c1-27(15-12-20-11-5-6-14-25-20)23(29)21(16-18-8-7-13-24-17-18)26-22(28)19-9-3-2-4-10-19/h2-11,13-14,16-17H,12,15H2,1H3,(H,26,28)/b21-16-. The van der Waals surface area contributed by atoms with E-state index < -0.39 is 0 Å². The highest BCUT2D eigenvalue weighted by Gasteiger charge is 2.18. The lowest BCUT2D eigenvalue weighted by Gasteiger charge is -2.19. The number of likely N-dealkylation sites (N-methyl/N-ethyl adjacent to an activating group) is 1. The summed E-state index contributed by atoms with van der Waals surface area (Å²) in [4.78, 5) is 35.6. The van der Waals surface area contributed by atoms with Gasteiger partial charge in [-0.15, -0.1) is 0 Å². The first-order valence-electron chi connectivity index (χ1n) is 9.27. The zero-order valence-corrected chi connectivity index (χ0v) is 16.2. The summed E-state index contributed by atoms with van der Waals surface area (Å²) in [7, 11) is 1.71. The number of hydrogen-bond acceptors (Lipinski definition) is 4. The lowest BCUT2D eigenvalue weighted by molar-refractivity contribution is -0.126. The van der Waals surface area contributed by atoms with E-state index in [9.17, 15) is 9.59 Å². The van der Waals surface area contributed by atoms with Gasteiger partial charge in [-0.3, -0.25) is 19.6 Å². The molecule has 6 heteroatoms. The van der Waals surface area contributed by atoms with E-state index in [1.54, 1.807) is 66.9 Å². The van der Waals surface area contributed by atoms with E-state index in [2.05, 4.69) is 15.3 Å². The predicted octanol–water partition coefficient (Wildman–Crippen LogP) is 2.95. The predicted molar refractivity (Wildman–Crippen MR) is 112 cm³/mol. The number of pyridine rings is 2. The fourth-order valence-corrected chi connectivity index (χ4v) is 2.70. The van der Waals surface area contributed by atoms with Gasteiger partial charge in [0, 0.05) is 49.9 Å². The molecule has 1 N–H and O–H groups in total. The Morgan fingerprint density at radius 2 is 1.79 bits per heavy atom. The number of rotatable bonds is 7. The van der Waals surface area contributed by atoms with Crippen molar-refractivity contribution in [1.82, 2.24) is 20.2 Å². The maximum Gasteiger partial charge on any atom is 0.270 e. The fourth-order valence-electron chi connectivity index (χ4n) is 2.70. The average molecular weight is 386 g/mol. The van der Waals surface area contributed by atoms with E-state index in [1.807, 2.05) is 30.3 Å². The number of nitrogens with zero attached hydrogens (tertiary/aromatic N) is 3. The molecular formula is C23H22N4O2. The molecule has 3 rings (SSSR count). The molecule has 0 bridgehead atoms. The van der Waals surface area contributed by atoms with Crippen molar-refractivity contribution >= 4 is 17.9 Å². The van der Waals surface area contributed by atoms with Crippen LogP contribution in [0, 0.1) is 0 Å². The van der Waals surface area contributed by atoms with E-state index in [0.717, 1.165) is 11.3 Å². The lowest BCUT2D eigenvalue weighted by Crippen LogP contribution is -2.37. The summed E-state index contributed by atoms with van der Waals surface area (Å²) in [5.41, 5.74) is 2.30. The number of amides is 2. The van der Waals surface area contributed by atoms with Crippen LogP contribution in [-0.4, -0.2) is 40.3 Å². The Balaban J connectivity index is 1.77. The van der Waals surface area contributed by atoms with Crippen LogP contribution in [0.2, 0.25) is 0 Å². The van der Waals surface area contributed by atoms with E-state index in [1.165, 1.54) is 0 Å². The molecular weight excluding hydrogens is 364 g/mol. The fraction of sp³-hybridized carbons (Fsp3) is 0.130. The van der Waals surface area contributed by atoms with Crippen LogP contribution >= 0.6 is 0 Å². The highest BCUT2D eigenvalue weighted by atomic mass is 16.2. The van der Waals surface area contributed by atoms with Crippen molar-refractivity contribution < 1.29 is 9.59 Å². The minimum atomic E-state index is -0.341. The maximum absolute atomic E-state index is 13.0. The molecule has 0 unspecified atom stereocenters. The third kappa shape index (κ3) is 5.84. The summed E-state index contributed by atoms with van der Waals surface area (Å²) in [6, 6.07) is 18.1. The molecule has 29 heavy (non-hydrogen) atoms. The van der Waals surface area contributed by atoms with Gasteiger partial charge in [0.05, 0.1) is 0 Å². The Morgan fingerprint density at radius 1 is 1.00 bits per heavy atom. The van der Waals surface area contributed by atoms with Gasteiger partial charge in [-0.05, 0) is 42.0 Å². The maximum atomic E-state index is 13.0. The first-order chi connectivity index (χ1) is 14.1. The van der Waals surface area contributed by atoms with Crippen molar-refractivity contribution in [2.75, 3.05) is 13.6 Å². The number of aromatic nitrogens is 2. The van der Waals surface area contributed by atoms with Gasteiger partial charge in [0.2, 0.25) is 0 Å². The van der Waals surface area contributed by atoms with Crippen molar-refractivity contribution in [3.63, 3.8) is 0 Å². The van der Waals surface area contributed by atoms with Crippen LogP contribution in [0.25, 0.3) is 6.08 Å². The molecule has 0 fully saturated rings. The zero-order chi connectivity index (χ0) is 20.5. The third-order valence-electron chi connectivity index (χ3n) is 4.29. The molecule has 6 nitrogen and oxygen atoms in total. The van der Waals surface area contributed by atoms with Gasteiger partial charge >= 0.3 is 0 Å². The zero-order valence-electron chi connectivity index (χ0n) is 16.2. The number of carbonyl (C=O) groups excluding carboxylic acids is 2. The summed E-state index contributed by atoms with van der Waals surface area (Å²) in [5.74, 6) is -0.624. The normalized spacial score (nSPS) is 11.0. The molecule has 0 radical (unpaired) electrons. The number of nitrogens with one attached hydrogen (secondary N) is 1. The average Bonchev–Trinajstić information content (AvgIpc) is 2.78. The summed E-state index contributed by atoms with van der Waals surface area (Å²) in [5, 5.41) is 2.75. The Kier molecular flexibility index (Phi) is 6.84. The van der Waals surface area contributed by atoms with Crippen LogP contribution < -0.4 is 5.32 Å². The van der Waals surface area contributed by atoms with Crippen molar-refractivity contribution in [1.29, 1.82) is 0 Å². The summed E-state index contributed by atoms with van der Waals surface area (Å²) in [6.07, 6.45) is 7.27. The molecule has 3 aromatic rings.